The molecule has 214 valence electrons. The van der Waals surface area contributed by atoms with Gasteiger partial charge in [-0.2, -0.15) is 0 Å². The Morgan fingerprint density at radius 3 is 2.51 bits per heavy atom. The van der Waals surface area contributed by atoms with E-state index in [1.165, 1.54) is 38.5 Å². The fraction of sp³-hybridized carbons (Fsp3) is 0.969. The minimum absolute atomic E-state index is 0.114. The number of carbonyl (C=O) groups excluding carboxylic acids is 1. The molecule has 10 atom stereocenters. The number of carbonyl (C=O) groups is 1. The number of aliphatic hydroxyl groups excluding tert-OH is 2. The fourth-order valence-corrected chi connectivity index (χ4v) is 9.40. The van der Waals surface area contributed by atoms with E-state index in [-0.39, 0.29) is 23.7 Å². The zero-order chi connectivity index (χ0) is 26.6. The number of rotatable bonds is 6. The van der Waals surface area contributed by atoms with Gasteiger partial charge < -0.3 is 19.8 Å². The standard InChI is InChI=1S/C32H57NO4/c1-5-26-28-21-25(34)16-17-32(28,4)27-13-9-12-24(15-14-23(3)29(27)30(26)35)22(2)11-10-20-37-31(36)33-18-7-6-8-19-33/h22-30,34-35H,5-21H2,1-4H3/t22-,23+,24?,25-,26-,27+,28+,29?,30-,32-/m1/s1. The zero-order valence-electron chi connectivity index (χ0n) is 24.4. The third-order valence-electron chi connectivity index (χ3n) is 11.7. The van der Waals surface area contributed by atoms with Gasteiger partial charge in [-0.3, -0.25) is 0 Å². The van der Waals surface area contributed by atoms with Crippen molar-refractivity contribution in [3.63, 3.8) is 0 Å². The first kappa shape index (κ1) is 29.2. The van der Waals surface area contributed by atoms with E-state index in [0.29, 0.717) is 42.1 Å². The van der Waals surface area contributed by atoms with E-state index in [1.54, 1.807) is 0 Å². The lowest BCUT2D eigenvalue weighted by atomic mass is 9.45. The molecule has 2 unspecified atom stereocenters. The average Bonchev–Trinajstić information content (AvgIpc) is 2.98. The van der Waals surface area contributed by atoms with Gasteiger partial charge in [-0.1, -0.05) is 53.4 Å². The summed E-state index contributed by atoms with van der Waals surface area (Å²) in [6.07, 6.45) is 15.1. The molecule has 3 saturated carbocycles. The van der Waals surface area contributed by atoms with E-state index in [9.17, 15) is 15.0 Å². The van der Waals surface area contributed by atoms with Crippen molar-refractivity contribution in [2.75, 3.05) is 19.7 Å². The van der Waals surface area contributed by atoms with Crippen molar-refractivity contribution < 1.29 is 19.7 Å². The summed E-state index contributed by atoms with van der Waals surface area (Å²) in [5, 5.41) is 22.2. The Kier molecular flexibility index (Phi) is 10.3. The van der Waals surface area contributed by atoms with Crippen LogP contribution < -0.4 is 0 Å². The lowest BCUT2D eigenvalue weighted by Crippen LogP contribution is -2.58. The SMILES string of the molecule is CC[C@H]1[C@@H](O)C2[C@@H](C)CCC([C@H](C)CCCOC(=O)N3CCCCC3)CCC[C@@H]2[C@@]2(C)CC[C@@H](O)C[C@@H]12. The molecule has 5 heteroatoms. The summed E-state index contributed by atoms with van der Waals surface area (Å²) in [5.41, 5.74) is 0.252. The third-order valence-corrected chi connectivity index (χ3v) is 11.7. The maximum Gasteiger partial charge on any atom is 0.409 e. The highest BCUT2D eigenvalue weighted by atomic mass is 16.6. The van der Waals surface area contributed by atoms with Gasteiger partial charge in [0.1, 0.15) is 0 Å². The van der Waals surface area contributed by atoms with Gasteiger partial charge in [0.15, 0.2) is 0 Å². The smallest absolute Gasteiger partial charge is 0.409 e. The number of ether oxygens (including phenoxy) is 1. The molecule has 4 aliphatic rings. The first-order chi connectivity index (χ1) is 17.8. The lowest BCUT2D eigenvalue weighted by molar-refractivity contribution is -0.173. The van der Waals surface area contributed by atoms with E-state index >= 15 is 0 Å². The second kappa shape index (κ2) is 13.0. The number of amides is 1. The Bertz CT molecular complexity index is 724. The summed E-state index contributed by atoms with van der Waals surface area (Å²) >= 11 is 0. The summed E-state index contributed by atoms with van der Waals surface area (Å²) in [6, 6.07) is 0. The monoisotopic (exact) mass is 519 g/mol. The van der Waals surface area contributed by atoms with E-state index in [4.69, 9.17) is 4.74 Å². The van der Waals surface area contributed by atoms with E-state index in [1.807, 2.05) is 4.90 Å². The van der Waals surface area contributed by atoms with Crippen LogP contribution in [0.1, 0.15) is 118 Å². The number of likely N-dealkylation sites (tertiary alicyclic amines) is 1. The number of piperidine rings is 1. The zero-order valence-corrected chi connectivity index (χ0v) is 24.4. The number of aliphatic hydroxyl groups is 2. The van der Waals surface area contributed by atoms with Gasteiger partial charge in [0.2, 0.25) is 0 Å². The molecule has 37 heavy (non-hydrogen) atoms. The highest BCUT2D eigenvalue weighted by molar-refractivity contribution is 5.67. The highest BCUT2D eigenvalue weighted by Crippen LogP contribution is 2.61. The number of nitrogens with zero attached hydrogens (tertiary/aromatic N) is 1. The minimum atomic E-state index is -0.225. The molecule has 3 aliphatic carbocycles. The average molecular weight is 520 g/mol. The second-order valence-electron chi connectivity index (χ2n) is 13.8. The minimum Gasteiger partial charge on any atom is -0.449 e. The Hall–Kier alpha value is -0.810. The molecule has 0 radical (unpaired) electrons. The van der Waals surface area contributed by atoms with Crippen LogP contribution in [0.3, 0.4) is 0 Å². The van der Waals surface area contributed by atoms with Crippen LogP contribution in [0.15, 0.2) is 0 Å². The molecule has 1 aliphatic heterocycles. The second-order valence-corrected chi connectivity index (χ2v) is 13.8. The van der Waals surface area contributed by atoms with Crippen LogP contribution in [0, 0.1) is 46.8 Å². The van der Waals surface area contributed by atoms with E-state index in [2.05, 4.69) is 27.7 Å². The van der Waals surface area contributed by atoms with Crippen molar-refractivity contribution >= 4 is 6.09 Å². The predicted molar refractivity (Wildman–Crippen MR) is 149 cm³/mol. The summed E-state index contributed by atoms with van der Waals surface area (Å²) in [7, 11) is 0. The number of hydrogen-bond donors (Lipinski definition) is 2. The van der Waals surface area contributed by atoms with Gasteiger partial charge in [0, 0.05) is 13.1 Å². The Morgan fingerprint density at radius 1 is 1.03 bits per heavy atom. The van der Waals surface area contributed by atoms with Gasteiger partial charge in [0.05, 0.1) is 18.8 Å². The molecule has 5 nitrogen and oxygen atoms in total. The fourth-order valence-electron chi connectivity index (χ4n) is 9.40. The summed E-state index contributed by atoms with van der Waals surface area (Å²) in [6.45, 7) is 11.8. The first-order valence-corrected chi connectivity index (χ1v) is 16.0. The van der Waals surface area contributed by atoms with Gasteiger partial charge in [0.25, 0.3) is 0 Å². The van der Waals surface area contributed by atoms with Crippen molar-refractivity contribution in [2.24, 2.45) is 46.8 Å². The highest BCUT2D eigenvalue weighted by Gasteiger charge is 2.57. The maximum absolute atomic E-state index is 12.3. The van der Waals surface area contributed by atoms with Crippen LogP contribution in [-0.4, -0.2) is 53.1 Å². The van der Waals surface area contributed by atoms with Crippen LogP contribution >= 0.6 is 0 Å². The lowest BCUT2D eigenvalue weighted by Gasteiger charge is -2.60. The molecule has 4 fully saturated rings. The van der Waals surface area contributed by atoms with Gasteiger partial charge in [-0.15, -0.1) is 0 Å². The van der Waals surface area contributed by atoms with Crippen molar-refractivity contribution in [3.8, 4) is 0 Å². The van der Waals surface area contributed by atoms with Gasteiger partial charge in [-0.05, 0) is 111 Å². The molecule has 1 amide bonds. The number of hydrogen-bond acceptors (Lipinski definition) is 4. The molecule has 0 spiro atoms. The summed E-state index contributed by atoms with van der Waals surface area (Å²) < 4.78 is 5.61. The molecule has 2 N–H and O–H groups in total. The first-order valence-electron chi connectivity index (χ1n) is 16.0. The third kappa shape index (κ3) is 6.51. The predicted octanol–water partition coefficient (Wildman–Crippen LogP) is 7.04. The van der Waals surface area contributed by atoms with E-state index in [0.717, 1.165) is 70.4 Å². The van der Waals surface area contributed by atoms with Crippen LogP contribution in [0.5, 0.6) is 0 Å². The molecule has 0 aromatic heterocycles. The molecular weight excluding hydrogens is 462 g/mol. The van der Waals surface area contributed by atoms with Crippen LogP contribution in [-0.2, 0) is 4.74 Å². The maximum atomic E-state index is 12.3. The molecule has 1 saturated heterocycles. The number of fused-ring (bicyclic) bond motifs is 3. The van der Waals surface area contributed by atoms with Crippen LogP contribution in [0.25, 0.3) is 0 Å². The molecule has 0 bridgehead atoms. The van der Waals surface area contributed by atoms with Crippen molar-refractivity contribution in [3.05, 3.63) is 0 Å². The van der Waals surface area contributed by atoms with Crippen molar-refractivity contribution in [1.29, 1.82) is 0 Å². The topological polar surface area (TPSA) is 70.0 Å². The molecule has 0 aromatic rings. The molecule has 4 rings (SSSR count). The van der Waals surface area contributed by atoms with Crippen LogP contribution in [0.2, 0.25) is 0 Å². The summed E-state index contributed by atoms with van der Waals surface area (Å²) in [5.74, 6) is 3.64. The Morgan fingerprint density at radius 2 is 1.78 bits per heavy atom. The molecular formula is C32H57NO4. The Labute approximate surface area is 227 Å². The molecule has 0 aromatic carbocycles. The quantitative estimate of drug-likeness (QED) is 0.369. The normalized spacial score (nSPS) is 41.9. The van der Waals surface area contributed by atoms with Crippen molar-refractivity contribution in [2.45, 2.75) is 130 Å². The Balaban J connectivity index is 1.33. The van der Waals surface area contributed by atoms with Gasteiger partial charge >= 0.3 is 6.09 Å². The largest absolute Gasteiger partial charge is 0.449 e. The van der Waals surface area contributed by atoms with Gasteiger partial charge in [-0.25, -0.2) is 4.79 Å². The van der Waals surface area contributed by atoms with Crippen molar-refractivity contribution in [1.82, 2.24) is 4.90 Å². The van der Waals surface area contributed by atoms with Crippen LogP contribution in [0.4, 0.5) is 4.79 Å². The van der Waals surface area contributed by atoms with E-state index < -0.39 is 0 Å². The molecule has 1 heterocycles. The summed E-state index contributed by atoms with van der Waals surface area (Å²) in [4.78, 5) is 14.2.